The van der Waals surface area contributed by atoms with Crippen LogP contribution in [0, 0.1) is 0 Å². The van der Waals surface area contributed by atoms with Crippen molar-refractivity contribution in [2.75, 3.05) is 6.54 Å². The highest BCUT2D eigenvalue weighted by Crippen LogP contribution is 2.26. The number of ether oxygens (including phenoxy) is 2. The summed E-state index contributed by atoms with van der Waals surface area (Å²) in [6.45, 7) is 2.46. The molecule has 0 radical (unpaired) electrons. The van der Waals surface area contributed by atoms with Crippen molar-refractivity contribution < 1.29 is 53.6 Å². The van der Waals surface area contributed by atoms with E-state index in [1.807, 2.05) is 6.92 Å². The molecule has 53 heavy (non-hydrogen) atoms. The highest BCUT2D eigenvalue weighted by Gasteiger charge is 2.29. The van der Waals surface area contributed by atoms with Gasteiger partial charge in [0.15, 0.2) is 0 Å². The Morgan fingerprint density at radius 2 is 1.25 bits per heavy atom. The maximum absolute atomic E-state index is 13.8. The highest BCUT2D eigenvalue weighted by molar-refractivity contribution is 6.35. The molecule has 0 aliphatic carbocycles. The number of nitrogens with one attached hydrogen (secondary N) is 3. The van der Waals surface area contributed by atoms with Gasteiger partial charge in [-0.1, -0.05) is 73.3 Å². The van der Waals surface area contributed by atoms with E-state index in [9.17, 15) is 28.8 Å². The fourth-order valence-electron chi connectivity index (χ4n) is 4.95. The van der Waals surface area contributed by atoms with Gasteiger partial charge in [-0.15, -0.1) is 0 Å². The van der Waals surface area contributed by atoms with Crippen molar-refractivity contribution in [2.24, 2.45) is 0 Å². The van der Waals surface area contributed by atoms with Gasteiger partial charge in [-0.3, -0.25) is 19.2 Å². The first-order valence-corrected chi connectivity index (χ1v) is 17.5. The lowest BCUT2D eigenvalue weighted by Gasteiger charge is -2.24. The number of benzene rings is 3. The molecule has 284 valence electrons. The molecule has 0 heterocycles. The van der Waals surface area contributed by atoms with E-state index in [1.54, 1.807) is 42.5 Å². The van der Waals surface area contributed by atoms with Gasteiger partial charge in [-0.2, -0.15) is 0 Å². The molecule has 3 rings (SSSR count). The van der Waals surface area contributed by atoms with Crippen LogP contribution in [0.15, 0.2) is 66.7 Å². The minimum atomic E-state index is -2.12. The molecule has 0 aliphatic rings. The highest BCUT2D eigenvalue weighted by atomic mass is 35.5. The maximum Gasteiger partial charge on any atom is 0.356 e. The van der Waals surface area contributed by atoms with Crippen LogP contribution >= 0.6 is 23.2 Å². The number of carboxylic acids is 3. The number of hydrogen-bond donors (Lipinski definition) is 6. The van der Waals surface area contributed by atoms with Crippen LogP contribution in [-0.2, 0) is 48.2 Å². The van der Waals surface area contributed by atoms with Gasteiger partial charge < -0.3 is 40.7 Å². The molecule has 0 spiro atoms. The molecular weight excluding hydrogens is 733 g/mol. The molecule has 0 saturated heterocycles. The Morgan fingerprint density at radius 3 is 1.77 bits per heavy atom. The number of hydrogen-bond acceptors (Lipinski definition) is 8. The average Bonchev–Trinajstić information content (AvgIpc) is 3.11. The number of halogens is 2. The van der Waals surface area contributed by atoms with Crippen LogP contribution in [0.5, 0.6) is 11.5 Å². The molecule has 3 aromatic carbocycles. The first kappa shape index (κ1) is 42.1. The SMILES string of the molecule is CCCCCNC(=O)[C@H](Cc1ccc(OC(C(=O)O)C(=O)O)cc1)NC(=O)[C@H](Cc1ccc(OCc2c(Cl)cccc2Cl)cc1)NC(=O)CCC(=O)O. The molecule has 0 aliphatic heterocycles. The fraction of sp³-hybridized carbons (Fsp3) is 0.351. The second-order valence-corrected chi connectivity index (χ2v) is 12.7. The van der Waals surface area contributed by atoms with Gasteiger partial charge in [0.25, 0.3) is 6.10 Å². The molecule has 0 unspecified atom stereocenters. The minimum Gasteiger partial charge on any atom is -0.489 e. The van der Waals surface area contributed by atoms with Gasteiger partial charge in [0.05, 0.1) is 6.42 Å². The molecule has 6 N–H and O–H groups in total. The van der Waals surface area contributed by atoms with Gasteiger partial charge in [-0.05, 0) is 53.9 Å². The second kappa shape index (κ2) is 21.2. The summed E-state index contributed by atoms with van der Waals surface area (Å²) in [5, 5.41) is 36.3. The molecule has 3 aromatic rings. The third-order valence-corrected chi connectivity index (χ3v) is 8.51. The zero-order chi connectivity index (χ0) is 38.9. The first-order valence-electron chi connectivity index (χ1n) is 16.7. The van der Waals surface area contributed by atoms with Gasteiger partial charge in [-0.25, -0.2) is 9.59 Å². The van der Waals surface area contributed by atoms with Gasteiger partial charge in [0.1, 0.15) is 30.2 Å². The summed E-state index contributed by atoms with van der Waals surface area (Å²) in [5.74, 6) is -6.00. The van der Waals surface area contributed by atoms with E-state index in [-0.39, 0.29) is 31.6 Å². The van der Waals surface area contributed by atoms with Crippen LogP contribution in [0.25, 0.3) is 0 Å². The smallest absolute Gasteiger partial charge is 0.356 e. The van der Waals surface area contributed by atoms with Crippen molar-refractivity contribution in [1.82, 2.24) is 16.0 Å². The zero-order valence-electron chi connectivity index (χ0n) is 28.8. The van der Waals surface area contributed by atoms with Gasteiger partial charge in [0.2, 0.25) is 17.7 Å². The lowest BCUT2D eigenvalue weighted by molar-refractivity contribution is -0.159. The van der Waals surface area contributed by atoms with Crippen molar-refractivity contribution >= 4 is 58.8 Å². The molecule has 3 amide bonds. The summed E-state index contributed by atoms with van der Waals surface area (Å²) in [6.07, 6.45) is -0.520. The Labute approximate surface area is 315 Å². The Hall–Kier alpha value is -5.34. The predicted molar refractivity (Wildman–Crippen MR) is 194 cm³/mol. The number of carbonyl (C=O) groups excluding carboxylic acids is 3. The fourth-order valence-corrected chi connectivity index (χ4v) is 5.46. The second-order valence-electron chi connectivity index (χ2n) is 11.9. The number of rotatable bonds is 22. The van der Waals surface area contributed by atoms with Crippen LogP contribution in [0.2, 0.25) is 10.0 Å². The van der Waals surface area contributed by atoms with Crippen LogP contribution < -0.4 is 25.4 Å². The Morgan fingerprint density at radius 1 is 0.698 bits per heavy atom. The van der Waals surface area contributed by atoms with Crippen molar-refractivity contribution in [1.29, 1.82) is 0 Å². The number of amides is 3. The molecular formula is C37H41Cl2N3O11. The third-order valence-electron chi connectivity index (χ3n) is 7.80. The van der Waals surface area contributed by atoms with Crippen LogP contribution in [0.1, 0.15) is 55.7 Å². The molecule has 2 atom stereocenters. The Balaban J connectivity index is 1.80. The Bertz CT molecular complexity index is 1700. The molecule has 0 saturated carbocycles. The van der Waals surface area contributed by atoms with Crippen molar-refractivity contribution in [3.63, 3.8) is 0 Å². The van der Waals surface area contributed by atoms with Crippen LogP contribution in [0.4, 0.5) is 0 Å². The number of unbranched alkanes of at least 4 members (excludes halogenated alkanes) is 2. The molecule has 16 heteroatoms. The van der Waals surface area contributed by atoms with E-state index in [0.717, 1.165) is 12.8 Å². The molecule has 0 bridgehead atoms. The summed E-state index contributed by atoms with van der Waals surface area (Å²) < 4.78 is 10.9. The van der Waals surface area contributed by atoms with E-state index in [4.69, 9.17) is 48.0 Å². The largest absolute Gasteiger partial charge is 0.489 e. The average molecular weight is 775 g/mol. The van der Waals surface area contributed by atoms with Gasteiger partial charge in [0, 0.05) is 41.4 Å². The van der Waals surface area contributed by atoms with Crippen LogP contribution in [-0.4, -0.2) is 75.7 Å². The summed E-state index contributed by atoms with van der Waals surface area (Å²) in [5.41, 5.74) is 1.74. The molecule has 0 fully saturated rings. The molecule has 14 nitrogen and oxygen atoms in total. The lowest BCUT2D eigenvalue weighted by Crippen LogP contribution is -2.55. The number of carbonyl (C=O) groups is 6. The summed E-state index contributed by atoms with van der Waals surface area (Å²) in [7, 11) is 0. The number of aliphatic carboxylic acids is 3. The minimum absolute atomic E-state index is 0.0214. The lowest BCUT2D eigenvalue weighted by atomic mass is 10.0. The summed E-state index contributed by atoms with van der Waals surface area (Å²) in [4.78, 5) is 73.4. The standard InChI is InChI=1S/C37H41Cl2N3O11/c1-2-3-4-18-40-34(46)29(19-23-10-14-25(15-11-23)53-33(36(48)49)37(50)51)42-35(47)30(41-31(43)16-17-32(44)45)20-22-8-12-24(13-9-22)52-21-26-27(38)6-5-7-28(26)39/h5-15,29-30,33H,2-4,16-21H2,1H3,(H,40,46)(H,41,43)(H,42,47)(H,44,45)(H,48,49)(H,50,51)/t29-,30-/m0/s1. The monoisotopic (exact) mass is 773 g/mol. The third kappa shape index (κ3) is 14.3. The number of carboxylic acid groups (broad SMARTS) is 3. The van der Waals surface area contributed by atoms with E-state index in [0.29, 0.717) is 45.5 Å². The van der Waals surface area contributed by atoms with Crippen molar-refractivity contribution in [3.05, 3.63) is 93.5 Å². The van der Waals surface area contributed by atoms with Crippen molar-refractivity contribution in [3.8, 4) is 11.5 Å². The quantitative estimate of drug-likeness (QED) is 0.0621. The van der Waals surface area contributed by atoms with Crippen molar-refractivity contribution in [2.45, 2.75) is 76.7 Å². The summed E-state index contributed by atoms with van der Waals surface area (Å²) in [6, 6.07) is 15.1. The van der Waals surface area contributed by atoms with E-state index in [1.165, 1.54) is 24.3 Å². The topological polar surface area (TPSA) is 218 Å². The molecule has 0 aromatic heterocycles. The van der Waals surface area contributed by atoms with E-state index >= 15 is 0 Å². The predicted octanol–water partition coefficient (Wildman–Crippen LogP) is 4.42. The normalized spacial score (nSPS) is 11.9. The maximum atomic E-state index is 13.8. The zero-order valence-corrected chi connectivity index (χ0v) is 30.3. The van der Waals surface area contributed by atoms with E-state index in [2.05, 4.69) is 16.0 Å². The summed E-state index contributed by atoms with van der Waals surface area (Å²) >= 11 is 12.5. The van der Waals surface area contributed by atoms with Gasteiger partial charge >= 0.3 is 17.9 Å². The first-order chi connectivity index (χ1) is 25.3. The van der Waals surface area contributed by atoms with Crippen LogP contribution in [0.3, 0.4) is 0 Å². The Kier molecular flexibility index (Phi) is 16.9. The van der Waals surface area contributed by atoms with E-state index < -0.39 is 60.2 Å².